The first-order chi connectivity index (χ1) is 8.71. The largest absolute Gasteiger partial charge is 0.372 e. The van der Waals surface area contributed by atoms with E-state index in [-0.39, 0.29) is 18.0 Å². The number of urea groups is 1. The van der Waals surface area contributed by atoms with Crippen LogP contribution in [0.5, 0.6) is 0 Å². The van der Waals surface area contributed by atoms with Crippen LogP contribution in [0.25, 0.3) is 0 Å². The molecule has 2 rings (SSSR count). The number of nitrogens with zero attached hydrogens (tertiary/aromatic N) is 4. The summed E-state index contributed by atoms with van der Waals surface area (Å²) < 4.78 is 0. The molecule has 2 amide bonds. The molecule has 1 aromatic heterocycles. The summed E-state index contributed by atoms with van der Waals surface area (Å²) in [7, 11) is 1.54. The second kappa shape index (κ2) is 4.61. The van der Waals surface area contributed by atoms with Crippen molar-refractivity contribution in [3.8, 4) is 0 Å². The van der Waals surface area contributed by atoms with Crippen molar-refractivity contribution in [2.24, 2.45) is 0 Å². The maximum absolute atomic E-state index is 12.0. The monoisotopic (exact) mass is 284 g/mol. The van der Waals surface area contributed by atoms with Crippen LogP contribution in [0.4, 0.5) is 10.6 Å². The van der Waals surface area contributed by atoms with Gasteiger partial charge in [-0.3, -0.25) is 9.80 Å². The third-order valence-corrected chi connectivity index (χ3v) is 3.43. The number of rotatable bonds is 1. The summed E-state index contributed by atoms with van der Waals surface area (Å²) >= 11 is 6.04. The van der Waals surface area contributed by atoms with Crippen LogP contribution in [0, 0.1) is 0 Å². The van der Waals surface area contributed by atoms with Crippen LogP contribution in [0.1, 0.15) is 26.3 Å². The lowest BCUT2D eigenvalue weighted by atomic mass is 9.88. The Balaban J connectivity index is 2.40. The minimum absolute atomic E-state index is 0.176. The number of hydrogen-bond acceptors (Lipinski definition) is 4. The summed E-state index contributed by atoms with van der Waals surface area (Å²) in [6.45, 7) is 6.20. The first-order valence-corrected chi connectivity index (χ1v) is 6.35. The van der Waals surface area contributed by atoms with Gasteiger partial charge in [-0.15, -0.1) is 10.2 Å². The maximum Gasteiger partial charge on any atom is 0.327 e. The molecule has 1 aliphatic heterocycles. The van der Waals surface area contributed by atoms with E-state index in [1.54, 1.807) is 13.1 Å². The molecule has 104 valence electrons. The number of halogens is 1. The van der Waals surface area contributed by atoms with Crippen LogP contribution in [-0.2, 0) is 5.41 Å². The van der Waals surface area contributed by atoms with E-state index in [1.807, 2.05) is 20.8 Å². The van der Waals surface area contributed by atoms with Crippen molar-refractivity contribution in [3.05, 3.63) is 16.8 Å². The van der Waals surface area contributed by atoms with Gasteiger partial charge in [0.2, 0.25) is 0 Å². The first kappa shape index (κ1) is 14.0. The van der Waals surface area contributed by atoms with Crippen molar-refractivity contribution in [1.82, 2.24) is 15.1 Å². The second-order valence-electron chi connectivity index (χ2n) is 5.64. The highest BCUT2D eigenvalue weighted by Gasteiger charge is 2.35. The van der Waals surface area contributed by atoms with E-state index in [0.717, 1.165) is 5.56 Å². The number of aromatic nitrogens is 2. The van der Waals surface area contributed by atoms with Gasteiger partial charge >= 0.3 is 6.03 Å². The lowest BCUT2D eigenvalue weighted by Crippen LogP contribution is -2.31. The smallest absolute Gasteiger partial charge is 0.327 e. The number of aliphatic hydroxyl groups is 1. The molecule has 0 aliphatic carbocycles. The minimum Gasteiger partial charge on any atom is -0.372 e. The molecule has 0 radical (unpaired) electrons. The van der Waals surface area contributed by atoms with Gasteiger partial charge in [0, 0.05) is 12.6 Å². The molecule has 1 atom stereocenters. The number of β-amino-alcohol motifs (C(OH)–C–C–N with tert-alkyl or cyclic N) is 1. The lowest BCUT2D eigenvalue weighted by molar-refractivity contribution is 0.0819. The zero-order valence-corrected chi connectivity index (χ0v) is 12.1. The molecule has 1 saturated heterocycles. The quantitative estimate of drug-likeness (QED) is 0.851. The molecule has 0 spiro atoms. The van der Waals surface area contributed by atoms with Gasteiger partial charge in [0.25, 0.3) is 0 Å². The molecule has 19 heavy (non-hydrogen) atoms. The van der Waals surface area contributed by atoms with Crippen molar-refractivity contribution < 1.29 is 9.90 Å². The normalized spacial score (nSPS) is 20.3. The van der Waals surface area contributed by atoms with Gasteiger partial charge in [0.15, 0.2) is 11.0 Å². The molecular formula is C12H17ClN4O2. The van der Waals surface area contributed by atoms with Crippen molar-refractivity contribution in [3.63, 3.8) is 0 Å². The SMILES string of the molecule is CN1C(=O)N(c2cc(C(C)(C)C)c(Cl)nn2)CC1O. The zero-order chi connectivity index (χ0) is 14.4. The van der Waals surface area contributed by atoms with Crippen molar-refractivity contribution in [1.29, 1.82) is 0 Å². The van der Waals surface area contributed by atoms with Gasteiger partial charge < -0.3 is 5.11 Å². The van der Waals surface area contributed by atoms with Crippen LogP contribution in [0.3, 0.4) is 0 Å². The van der Waals surface area contributed by atoms with Crippen LogP contribution in [-0.4, -0.2) is 46.1 Å². The van der Waals surface area contributed by atoms with Crippen molar-refractivity contribution in [2.45, 2.75) is 32.4 Å². The van der Waals surface area contributed by atoms with Gasteiger partial charge in [0.05, 0.1) is 6.54 Å². The Bertz CT molecular complexity index is 515. The summed E-state index contributed by atoms with van der Waals surface area (Å²) in [6.07, 6.45) is -0.830. The van der Waals surface area contributed by atoms with Crippen molar-refractivity contribution >= 4 is 23.4 Å². The van der Waals surface area contributed by atoms with E-state index in [1.165, 1.54) is 9.80 Å². The number of anilines is 1. The summed E-state index contributed by atoms with van der Waals surface area (Å²) in [5, 5.41) is 17.8. The Morgan fingerprint density at radius 1 is 1.42 bits per heavy atom. The highest BCUT2D eigenvalue weighted by atomic mass is 35.5. The minimum atomic E-state index is -0.830. The zero-order valence-electron chi connectivity index (χ0n) is 11.4. The predicted molar refractivity (Wildman–Crippen MR) is 72.3 cm³/mol. The molecule has 0 saturated carbocycles. The molecular weight excluding hydrogens is 268 g/mol. The summed E-state index contributed by atoms with van der Waals surface area (Å²) in [5.41, 5.74) is 0.616. The molecule has 2 heterocycles. The molecule has 1 aliphatic rings. The van der Waals surface area contributed by atoms with E-state index in [9.17, 15) is 9.90 Å². The van der Waals surface area contributed by atoms with E-state index in [0.29, 0.717) is 11.0 Å². The van der Waals surface area contributed by atoms with E-state index in [2.05, 4.69) is 10.2 Å². The van der Waals surface area contributed by atoms with Crippen LogP contribution in [0.15, 0.2) is 6.07 Å². The van der Waals surface area contributed by atoms with Gasteiger partial charge in [-0.1, -0.05) is 32.4 Å². The number of carbonyl (C=O) groups is 1. The molecule has 1 aromatic rings. The number of amides is 2. The Morgan fingerprint density at radius 2 is 2.05 bits per heavy atom. The highest BCUT2D eigenvalue weighted by molar-refractivity contribution is 6.30. The van der Waals surface area contributed by atoms with E-state index >= 15 is 0 Å². The van der Waals surface area contributed by atoms with Gasteiger partial charge in [0.1, 0.15) is 6.23 Å². The lowest BCUT2D eigenvalue weighted by Gasteiger charge is -2.22. The Kier molecular flexibility index (Phi) is 3.40. The van der Waals surface area contributed by atoms with Gasteiger partial charge in [-0.05, 0) is 11.5 Å². The predicted octanol–water partition coefficient (Wildman–Crippen LogP) is 1.62. The molecule has 0 aromatic carbocycles. The Morgan fingerprint density at radius 3 is 2.53 bits per heavy atom. The summed E-state index contributed by atoms with van der Waals surface area (Å²) in [5.74, 6) is 0.405. The molecule has 1 unspecified atom stereocenters. The molecule has 1 N–H and O–H groups in total. The average Bonchev–Trinajstić information content (AvgIpc) is 2.56. The molecule has 1 fully saturated rings. The number of aliphatic hydroxyl groups excluding tert-OH is 1. The Hall–Kier alpha value is -1.40. The maximum atomic E-state index is 12.0. The van der Waals surface area contributed by atoms with Crippen LogP contribution in [0.2, 0.25) is 5.15 Å². The fourth-order valence-electron chi connectivity index (χ4n) is 1.90. The topological polar surface area (TPSA) is 69.6 Å². The number of hydrogen-bond donors (Lipinski definition) is 1. The van der Waals surface area contributed by atoms with Crippen LogP contribution >= 0.6 is 11.6 Å². The third-order valence-electron chi connectivity index (χ3n) is 3.15. The number of likely N-dealkylation sites (N-methyl/N-ethyl adjacent to an activating group) is 1. The molecule has 6 nitrogen and oxygen atoms in total. The van der Waals surface area contributed by atoms with Gasteiger partial charge in [-0.2, -0.15) is 0 Å². The fourth-order valence-corrected chi connectivity index (χ4v) is 2.27. The summed E-state index contributed by atoms with van der Waals surface area (Å²) in [6, 6.07) is 1.45. The van der Waals surface area contributed by atoms with E-state index in [4.69, 9.17) is 11.6 Å². The van der Waals surface area contributed by atoms with E-state index < -0.39 is 6.23 Å². The van der Waals surface area contributed by atoms with Crippen molar-refractivity contribution in [2.75, 3.05) is 18.5 Å². The number of carbonyl (C=O) groups excluding carboxylic acids is 1. The Labute approximate surface area is 117 Å². The summed E-state index contributed by atoms with van der Waals surface area (Å²) in [4.78, 5) is 14.6. The highest BCUT2D eigenvalue weighted by Crippen LogP contribution is 2.31. The third kappa shape index (κ3) is 2.50. The second-order valence-corrected chi connectivity index (χ2v) is 6.00. The van der Waals surface area contributed by atoms with Gasteiger partial charge in [-0.25, -0.2) is 4.79 Å². The first-order valence-electron chi connectivity index (χ1n) is 5.98. The molecule has 7 heteroatoms. The molecule has 0 bridgehead atoms. The standard InChI is InChI=1S/C12H17ClN4O2/c1-12(2,3)7-5-8(14-15-10(7)13)17-6-9(18)16(4)11(17)19/h5,9,18H,6H2,1-4H3. The fraction of sp³-hybridized carbons (Fsp3) is 0.583. The average molecular weight is 285 g/mol. The van der Waals surface area contributed by atoms with Crippen LogP contribution < -0.4 is 4.90 Å².